The standard InChI is InChI=1S/C24H25N3O5.HI/c1-5-24(31)17-9-19-21-13(10-26(19)22(29)16(17)12-32-23(24)30)8-14-15(11-27(2,3)4)20(28)7-6-18(14)25-21;/h6-9,31H,5,10-12H2,1-4H3;1H/t24-;/m0./s1. The van der Waals surface area contributed by atoms with Crippen LogP contribution in [0.15, 0.2) is 29.1 Å². The molecule has 0 saturated heterocycles. The normalized spacial score (nSPS) is 18.9. The van der Waals surface area contributed by atoms with E-state index in [2.05, 4.69) is 21.1 Å². The van der Waals surface area contributed by atoms with Crippen molar-refractivity contribution in [2.75, 3.05) is 21.1 Å². The summed E-state index contributed by atoms with van der Waals surface area (Å²) in [6.07, 6.45) is 0.105. The highest BCUT2D eigenvalue weighted by Crippen LogP contribution is 2.39. The summed E-state index contributed by atoms with van der Waals surface area (Å²) in [5.41, 5.74) is 2.10. The topological polar surface area (TPSA) is 102 Å². The van der Waals surface area contributed by atoms with Crippen molar-refractivity contribution in [3.8, 4) is 17.1 Å². The van der Waals surface area contributed by atoms with Gasteiger partial charge in [0.1, 0.15) is 18.9 Å². The number of esters is 1. The lowest BCUT2D eigenvalue weighted by atomic mass is 9.86. The molecule has 0 radical (unpaired) electrons. The third-order valence-electron chi connectivity index (χ3n) is 6.41. The largest absolute Gasteiger partial charge is 1.00 e. The number of aromatic nitrogens is 2. The first-order valence-corrected chi connectivity index (χ1v) is 10.7. The first-order valence-electron chi connectivity index (χ1n) is 10.7. The summed E-state index contributed by atoms with van der Waals surface area (Å²) in [5, 5.41) is 22.4. The van der Waals surface area contributed by atoms with Crippen LogP contribution >= 0.6 is 0 Å². The SMILES string of the molecule is CC[C@@]1(O)C(=O)OCc2c1cc1n(c2=O)Cc2cc3c(C[N+](C)(C)C)c(O)ccc3nc2-1.[I-]. The molecule has 2 aliphatic heterocycles. The van der Waals surface area contributed by atoms with Crippen molar-refractivity contribution in [3.63, 3.8) is 0 Å². The first-order chi connectivity index (χ1) is 15.0. The van der Waals surface area contributed by atoms with E-state index in [1.54, 1.807) is 29.7 Å². The van der Waals surface area contributed by atoms with Gasteiger partial charge in [-0.05, 0) is 30.7 Å². The van der Waals surface area contributed by atoms with E-state index in [0.717, 1.165) is 16.5 Å². The van der Waals surface area contributed by atoms with Crippen LogP contribution in [0.25, 0.3) is 22.3 Å². The Morgan fingerprint density at radius 1 is 1.21 bits per heavy atom. The van der Waals surface area contributed by atoms with Gasteiger partial charge in [0.05, 0.1) is 55.7 Å². The van der Waals surface area contributed by atoms with E-state index in [1.165, 1.54) is 0 Å². The van der Waals surface area contributed by atoms with Crippen LogP contribution in [0.2, 0.25) is 0 Å². The molecule has 0 bridgehead atoms. The number of benzene rings is 1. The lowest BCUT2D eigenvalue weighted by Crippen LogP contribution is -3.00. The molecule has 5 rings (SSSR count). The second kappa shape index (κ2) is 7.78. The molecule has 0 fully saturated rings. The fraction of sp³-hybridized carbons (Fsp3) is 0.375. The van der Waals surface area contributed by atoms with Gasteiger partial charge in [-0.2, -0.15) is 0 Å². The Morgan fingerprint density at radius 2 is 1.94 bits per heavy atom. The minimum absolute atomic E-state index is 0. The zero-order valence-electron chi connectivity index (χ0n) is 19.0. The Hall–Kier alpha value is -2.50. The molecule has 2 aromatic heterocycles. The fourth-order valence-electron chi connectivity index (χ4n) is 4.74. The molecule has 9 heteroatoms. The Labute approximate surface area is 208 Å². The van der Waals surface area contributed by atoms with Crippen LogP contribution in [0.4, 0.5) is 0 Å². The van der Waals surface area contributed by atoms with Gasteiger partial charge in [-0.3, -0.25) is 4.79 Å². The van der Waals surface area contributed by atoms with Gasteiger partial charge in [0, 0.05) is 16.5 Å². The molecule has 0 unspecified atom stereocenters. The Balaban J connectivity index is 0.00000259. The Morgan fingerprint density at radius 3 is 2.61 bits per heavy atom. The van der Waals surface area contributed by atoms with Crippen LogP contribution < -0.4 is 29.5 Å². The average Bonchev–Trinajstić information content (AvgIpc) is 3.09. The predicted octanol–water partition coefficient (Wildman–Crippen LogP) is -1.00. The number of rotatable bonds is 3. The molecule has 0 saturated carbocycles. The fourth-order valence-corrected chi connectivity index (χ4v) is 4.74. The number of quaternary nitrogens is 1. The molecule has 0 aliphatic carbocycles. The Kier molecular flexibility index (Phi) is 5.58. The molecule has 3 aromatic rings. The summed E-state index contributed by atoms with van der Waals surface area (Å²) < 4.78 is 7.37. The number of hydrogen-bond donors (Lipinski definition) is 2. The van der Waals surface area contributed by atoms with E-state index in [9.17, 15) is 19.8 Å². The molecule has 0 amide bonds. The highest BCUT2D eigenvalue weighted by atomic mass is 127. The quantitative estimate of drug-likeness (QED) is 0.189. The molecule has 174 valence electrons. The number of hydrogen-bond acceptors (Lipinski definition) is 6. The molecular weight excluding hydrogens is 537 g/mol. The van der Waals surface area contributed by atoms with Crippen molar-refractivity contribution in [2.45, 2.75) is 38.6 Å². The van der Waals surface area contributed by atoms with Crippen molar-refractivity contribution in [1.82, 2.24) is 9.55 Å². The number of ether oxygens (including phenoxy) is 1. The van der Waals surface area contributed by atoms with Crippen molar-refractivity contribution in [3.05, 3.63) is 56.9 Å². The number of halogens is 1. The molecule has 0 spiro atoms. The van der Waals surface area contributed by atoms with Crippen molar-refractivity contribution >= 4 is 16.9 Å². The molecule has 1 atom stereocenters. The zero-order chi connectivity index (χ0) is 23.0. The summed E-state index contributed by atoms with van der Waals surface area (Å²) in [5.74, 6) is -0.513. The van der Waals surface area contributed by atoms with E-state index >= 15 is 0 Å². The molecule has 1 aromatic carbocycles. The second-order valence-electron chi connectivity index (χ2n) is 9.68. The van der Waals surface area contributed by atoms with Gasteiger partial charge in [0.2, 0.25) is 0 Å². The van der Waals surface area contributed by atoms with Gasteiger partial charge in [0.25, 0.3) is 5.56 Å². The highest BCUT2D eigenvalue weighted by molar-refractivity contribution is 5.89. The monoisotopic (exact) mass is 563 g/mol. The smallest absolute Gasteiger partial charge is 0.343 e. The Bertz CT molecular complexity index is 1380. The van der Waals surface area contributed by atoms with Gasteiger partial charge in [0.15, 0.2) is 5.60 Å². The van der Waals surface area contributed by atoms with E-state index in [-0.39, 0.29) is 48.3 Å². The molecule has 2 N–H and O–H groups in total. The van der Waals surface area contributed by atoms with E-state index in [0.29, 0.717) is 45.6 Å². The minimum Gasteiger partial charge on any atom is -1.00 e. The number of phenolic OH excluding ortho intramolecular Hbond substituents is 1. The summed E-state index contributed by atoms with van der Waals surface area (Å²) in [4.78, 5) is 30.4. The van der Waals surface area contributed by atoms with Crippen LogP contribution in [0.3, 0.4) is 0 Å². The van der Waals surface area contributed by atoms with Crippen LogP contribution in [0.5, 0.6) is 5.75 Å². The molecule has 4 heterocycles. The number of carbonyl (C=O) groups is 1. The number of aromatic hydroxyl groups is 1. The molecule has 8 nitrogen and oxygen atoms in total. The van der Waals surface area contributed by atoms with E-state index < -0.39 is 11.6 Å². The van der Waals surface area contributed by atoms with Gasteiger partial charge >= 0.3 is 5.97 Å². The maximum absolute atomic E-state index is 13.3. The summed E-state index contributed by atoms with van der Waals surface area (Å²) in [7, 11) is 6.16. The maximum atomic E-state index is 13.3. The van der Waals surface area contributed by atoms with Gasteiger partial charge < -0.3 is 48.0 Å². The summed E-state index contributed by atoms with van der Waals surface area (Å²) >= 11 is 0. The molecule has 2 aliphatic rings. The third kappa shape index (κ3) is 3.53. The highest BCUT2D eigenvalue weighted by Gasteiger charge is 2.45. The number of nitrogens with zero attached hydrogens (tertiary/aromatic N) is 3. The predicted molar refractivity (Wildman–Crippen MR) is 118 cm³/mol. The van der Waals surface area contributed by atoms with Crippen LogP contribution in [0.1, 0.15) is 35.6 Å². The summed E-state index contributed by atoms with van der Waals surface area (Å²) in [6, 6.07) is 7.11. The number of fused-ring (bicyclic) bond motifs is 5. The van der Waals surface area contributed by atoms with Crippen LogP contribution in [-0.2, 0) is 34.8 Å². The molecule has 33 heavy (non-hydrogen) atoms. The molecular formula is C24H26IN3O5. The zero-order valence-corrected chi connectivity index (χ0v) is 21.1. The van der Waals surface area contributed by atoms with Crippen molar-refractivity contribution < 1.29 is 48.2 Å². The van der Waals surface area contributed by atoms with E-state index in [4.69, 9.17) is 9.72 Å². The third-order valence-corrected chi connectivity index (χ3v) is 6.41. The first kappa shape index (κ1) is 23.7. The number of aliphatic hydroxyl groups is 1. The number of pyridine rings is 2. The van der Waals surface area contributed by atoms with Crippen LogP contribution in [-0.4, -0.2) is 51.4 Å². The van der Waals surface area contributed by atoms with Gasteiger partial charge in [-0.25, -0.2) is 9.78 Å². The summed E-state index contributed by atoms with van der Waals surface area (Å²) in [6.45, 7) is 2.48. The van der Waals surface area contributed by atoms with Gasteiger partial charge in [-0.15, -0.1) is 0 Å². The van der Waals surface area contributed by atoms with E-state index in [1.807, 2.05) is 6.07 Å². The lowest BCUT2D eigenvalue weighted by molar-refractivity contribution is -0.883. The van der Waals surface area contributed by atoms with Crippen molar-refractivity contribution in [2.24, 2.45) is 0 Å². The number of carbonyl (C=O) groups excluding carboxylic acids is 1. The van der Waals surface area contributed by atoms with Crippen molar-refractivity contribution in [1.29, 1.82) is 0 Å². The second-order valence-corrected chi connectivity index (χ2v) is 9.68. The number of cyclic esters (lactones) is 1. The number of phenols is 1. The minimum atomic E-state index is -1.84. The average molecular weight is 563 g/mol. The maximum Gasteiger partial charge on any atom is 0.343 e. The van der Waals surface area contributed by atoms with Crippen LogP contribution in [0, 0.1) is 0 Å². The van der Waals surface area contributed by atoms with Gasteiger partial charge in [-0.1, -0.05) is 6.92 Å². The lowest BCUT2D eigenvalue weighted by Gasteiger charge is -2.31.